The highest BCUT2D eigenvalue weighted by Gasteiger charge is 2.41. The Kier molecular flexibility index (Phi) is 4.79. The number of carbonyl (C=O) groups excluding carboxylic acids is 1. The lowest BCUT2D eigenvalue weighted by atomic mass is 9.72. The lowest BCUT2D eigenvalue weighted by Gasteiger charge is -2.45. The van der Waals surface area contributed by atoms with E-state index in [1.54, 1.807) is 0 Å². The van der Waals surface area contributed by atoms with Crippen LogP contribution in [0.2, 0.25) is 0 Å². The van der Waals surface area contributed by atoms with Gasteiger partial charge in [0.2, 0.25) is 6.79 Å². The Bertz CT molecular complexity index is 874. The van der Waals surface area contributed by atoms with Gasteiger partial charge in [0.25, 0.3) is 0 Å². The Morgan fingerprint density at radius 3 is 2.45 bits per heavy atom. The van der Waals surface area contributed by atoms with E-state index < -0.39 is 0 Å². The van der Waals surface area contributed by atoms with Gasteiger partial charge in [0.05, 0.1) is 5.54 Å². The zero-order valence-corrected chi connectivity index (χ0v) is 16.6. The Morgan fingerprint density at radius 1 is 0.966 bits per heavy atom. The molecule has 2 amide bonds. The molecule has 0 bridgehead atoms. The van der Waals surface area contributed by atoms with Crippen LogP contribution in [0.1, 0.15) is 30.4 Å². The van der Waals surface area contributed by atoms with E-state index in [0.29, 0.717) is 6.79 Å². The van der Waals surface area contributed by atoms with Gasteiger partial charge in [-0.1, -0.05) is 36.4 Å². The fourth-order valence-electron chi connectivity index (χ4n) is 4.46. The van der Waals surface area contributed by atoms with Crippen LogP contribution in [0.4, 0.5) is 4.79 Å². The largest absolute Gasteiger partial charge is 0.454 e. The zero-order chi connectivity index (χ0) is 19.7. The Hall–Kier alpha value is -2.73. The summed E-state index contributed by atoms with van der Waals surface area (Å²) in [6.45, 7) is 4.42. The zero-order valence-electron chi connectivity index (χ0n) is 16.6. The van der Waals surface area contributed by atoms with Crippen molar-refractivity contribution in [3.05, 3.63) is 59.7 Å². The number of nitrogens with one attached hydrogen (secondary N) is 1. The van der Waals surface area contributed by atoms with E-state index in [0.717, 1.165) is 57.1 Å². The Balaban J connectivity index is 1.16. The summed E-state index contributed by atoms with van der Waals surface area (Å²) in [4.78, 5) is 17.3. The van der Waals surface area contributed by atoms with Gasteiger partial charge >= 0.3 is 6.03 Å². The van der Waals surface area contributed by atoms with Crippen LogP contribution >= 0.6 is 0 Å². The highest BCUT2D eigenvalue weighted by atomic mass is 16.7. The number of rotatable bonds is 4. The van der Waals surface area contributed by atoms with Gasteiger partial charge in [-0.2, -0.15) is 0 Å². The fraction of sp³-hybridized carbons (Fsp3) is 0.435. The molecule has 2 heterocycles. The summed E-state index contributed by atoms with van der Waals surface area (Å²) in [5.74, 6) is 1.64. The number of amides is 2. The molecule has 5 rings (SSSR count). The van der Waals surface area contributed by atoms with Crippen LogP contribution in [0, 0.1) is 0 Å². The molecule has 2 aromatic rings. The monoisotopic (exact) mass is 393 g/mol. The van der Waals surface area contributed by atoms with Crippen LogP contribution in [0.15, 0.2) is 48.5 Å². The topological polar surface area (TPSA) is 54.0 Å². The molecule has 1 saturated heterocycles. The molecule has 6 heteroatoms. The summed E-state index contributed by atoms with van der Waals surface area (Å²) in [6.07, 6.45) is 3.21. The average Bonchev–Trinajstić information content (AvgIpc) is 3.20. The summed E-state index contributed by atoms with van der Waals surface area (Å²) in [7, 11) is 0. The van der Waals surface area contributed by atoms with Gasteiger partial charge in [-0.3, -0.25) is 4.90 Å². The number of fused-ring (bicyclic) bond motifs is 1. The van der Waals surface area contributed by atoms with Crippen LogP contribution in [-0.2, 0) is 12.1 Å². The maximum Gasteiger partial charge on any atom is 0.318 e. The number of urea groups is 1. The second kappa shape index (κ2) is 7.59. The first kappa shape index (κ1) is 18.3. The molecule has 29 heavy (non-hydrogen) atoms. The van der Waals surface area contributed by atoms with E-state index in [4.69, 9.17) is 9.47 Å². The molecule has 0 spiro atoms. The molecule has 0 radical (unpaired) electrons. The molecule has 1 N–H and O–H groups in total. The Labute approximate surface area is 171 Å². The molecule has 0 aromatic heterocycles. The number of carbonyl (C=O) groups is 1. The lowest BCUT2D eigenvalue weighted by Crippen LogP contribution is -2.58. The maximum absolute atomic E-state index is 12.9. The van der Waals surface area contributed by atoms with Crippen LogP contribution in [0.3, 0.4) is 0 Å². The van der Waals surface area contributed by atoms with Crippen molar-refractivity contribution in [2.45, 2.75) is 31.3 Å². The van der Waals surface area contributed by atoms with Crippen LogP contribution < -0.4 is 14.8 Å². The van der Waals surface area contributed by atoms with Crippen molar-refractivity contribution in [2.24, 2.45) is 0 Å². The highest BCUT2D eigenvalue weighted by Crippen LogP contribution is 2.41. The number of benzene rings is 2. The maximum atomic E-state index is 12.9. The molecule has 2 aromatic carbocycles. The van der Waals surface area contributed by atoms with Crippen LogP contribution in [0.25, 0.3) is 0 Å². The van der Waals surface area contributed by atoms with Crippen LogP contribution in [0.5, 0.6) is 11.5 Å². The molecule has 6 nitrogen and oxygen atoms in total. The summed E-state index contributed by atoms with van der Waals surface area (Å²) >= 11 is 0. The number of piperazine rings is 1. The molecule has 3 aliphatic rings. The van der Waals surface area contributed by atoms with E-state index in [9.17, 15) is 4.79 Å². The summed E-state index contributed by atoms with van der Waals surface area (Å²) < 4.78 is 10.9. The predicted molar refractivity (Wildman–Crippen MR) is 110 cm³/mol. The van der Waals surface area contributed by atoms with Crippen molar-refractivity contribution in [3.8, 4) is 11.5 Å². The first-order chi connectivity index (χ1) is 14.2. The van der Waals surface area contributed by atoms with Gasteiger partial charge in [0.1, 0.15) is 0 Å². The van der Waals surface area contributed by atoms with Crippen LogP contribution in [-0.4, -0.2) is 48.8 Å². The molecule has 0 unspecified atom stereocenters. The third-order valence-electron chi connectivity index (χ3n) is 6.38. The number of hydrogen-bond donors (Lipinski definition) is 1. The average molecular weight is 393 g/mol. The minimum absolute atomic E-state index is 0.0660. The normalized spacial score (nSPS) is 20.2. The molecule has 2 aliphatic heterocycles. The van der Waals surface area contributed by atoms with Gasteiger partial charge < -0.3 is 19.7 Å². The van der Waals surface area contributed by atoms with E-state index >= 15 is 0 Å². The van der Waals surface area contributed by atoms with Crippen molar-refractivity contribution in [2.75, 3.05) is 33.0 Å². The van der Waals surface area contributed by atoms with E-state index in [2.05, 4.69) is 46.6 Å². The van der Waals surface area contributed by atoms with Crippen molar-refractivity contribution in [1.82, 2.24) is 15.1 Å². The second-order valence-electron chi connectivity index (χ2n) is 8.18. The van der Waals surface area contributed by atoms with Crippen molar-refractivity contribution < 1.29 is 14.3 Å². The number of nitrogens with zero attached hydrogens (tertiary/aromatic N) is 2. The minimum Gasteiger partial charge on any atom is -0.454 e. The van der Waals surface area contributed by atoms with Gasteiger partial charge in [-0.15, -0.1) is 0 Å². The molecule has 1 saturated carbocycles. The summed E-state index contributed by atoms with van der Waals surface area (Å²) in [5.41, 5.74) is 2.26. The smallest absolute Gasteiger partial charge is 0.318 e. The Morgan fingerprint density at radius 2 is 1.72 bits per heavy atom. The van der Waals surface area contributed by atoms with Crippen molar-refractivity contribution in [3.63, 3.8) is 0 Å². The third kappa shape index (κ3) is 3.65. The molecule has 152 valence electrons. The summed E-state index contributed by atoms with van der Waals surface area (Å²) in [6, 6.07) is 16.6. The third-order valence-corrected chi connectivity index (χ3v) is 6.38. The second-order valence-corrected chi connectivity index (χ2v) is 8.18. The molecule has 0 atom stereocenters. The SMILES string of the molecule is O=C(NC1(c2ccccc2)CCC1)N1CCN(Cc2ccc3c(c2)OCO3)CC1. The quantitative estimate of drug-likeness (QED) is 0.866. The van der Waals surface area contributed by atoms with Gasteiger partial charge in [0, 0.05) is 32.7 Å². The number of hydrogen-bond acceptors (Lipinski definition) is 4. The standard InChI is InChI=1S/C23H27N3O3/c27-22(24-23(9-4-10-23)19-5-2-1-3-6-19)26-13-11-25(12-14-26)16-18-7-8-20-21(15-18)29-17-28-20/h1-3,5-8,15H,4,9-14,16-17H2,(H,24,27). The van der Waals surface area contributed by atoms with Crippen molar-refractivity contribution in [1.29, 1.82) is 0 Å². The molecular formula is C23H27N3O3. The molecule has 1 aliphatic carbocycles. The first-order valence-electron chi connectivity index (χ1n) is 10.5. The van der Waals surface area contributed by atoms with Gasteiger partial charge in [-0.05, 0) is 42.5 Å². The summed E-state index contributed by atoms with van der Waals surface area (Å²) in [5, 5.41) is 3.35. The predicted octanol–water partition coefficient (Wildman–Crippen LogP) is 3.32. The van der Waals surface area contributed by atoms with E-state index in [1.165, 1.54) is 17.5 Å². The van der Waals surface area contributed by atoms with Gasteiger partial charge in [0.15, 0.2) is 11.5 Å². The number of ether oxygens (including phenoxy) is 2. The lowest BCUT2D eigenvalue weighted by molar-refractivity contribution is 0.115. The molecular weight excluding hydrogens is 366 g/mol. The van der Waals surface area contributed by atoms with Gasteiger partial charge in [-0.25, -0.2) is 4.79 Å². The van der Waals surface area contributed by atoms with E-state index in [-0.39, 0.29) is 11.6 Å². The highest BCUT2D eigenvalue weighted by molar-refractivity contribution is 5.75. The fourth-order valence-corrected chi connectivity index (χ4v) is 4.46. The minimum atomic E-state index is -0.179. The first-order valence-corrected chi connectivity index (χ1v) is 10.5. The van der Waals surface area contributed by atoms with E-state index in [1.807, 2.05) is 17.0 Å². The van der Waals surface area contributed by atoms with Crippen molar-refractivity contribution >= 4 is 6.03 Å². The molecule has 2 fully saturated rings.